The van der Waals surface area contributed by atoms with Gasteiger partial charge in [0.25, 0.3) is 0 Å². The zero-order chi connectivity index (χ0) is 37.6. The second kappa shape index (κ2) is 19.3. The summed E-state index contributed by atoms with van der Waals surface area (Å²) in [6, 6.07) is 31.3. The number of benzene rings is 5. The second-order valence-electron chi connectivity index (χ2n) is 12.5. The molecule has 0 heterocycles. The number of carbonyl (C=O) groups excluding carboxylic acids is 4. The van der Waals surface area contributed by atoms with Crippen LogP contribution in [0.3, 0.4) is 0 Å². The van der Waals surface area contributed by atoms with Crippen LogP contribution >= 0.6 is 15.9 Å². The first kappa shape index (κ1) is 38.7. The van der Waals surface area contributed by atoms with Crippen LogP contribution in [0.1, 0.15) is 105 Å². The third-order valence-corrected chi connectivity index (χ3v) is 9.09. The molecule has 0 aliphatic rings. The Morgan fingerprint density at radius 1 is 0.434 bits per heavy atom. The monoisotopic (exact) mass is 776 g/mol. The van der Waals surface area contributed by atoms with Crippen molar-refractivity contribution in [2.75, 3.05) is 0 Å². The van der Waals surface area contributed by atoms with Gasteiger partial charge in [-0.3, -0.25) is 0 Å². The van der Waals surface area contributed by atoms with Gasteiger partial charge in [0, 0.05) is 6.07 Å². The van der Waals surface area contributed by atoms with Crippen LogP contribution in [0, 0.1) is 0 Å². The van der Waals surface area contributed by atoms with E-state index in [9.17, 15) is 19.2 Å². The maximum absolute atomic E-state index is 13.0. The van der Waals surface area contributed by atoms with E-state index in [1.807, 2.05) is 24.3 Å². The molecule has 0 spiro atoms. The summed E-state index contributed by atoms with van der Waals surface area (Å²) in [4.78, 5) is 51.2. The van der Waals surface area contributed by atoms with Gasteiger partial charge in [-0.05, 0) is 138 Å². The highest BCUT2D eigenvalue weighted by atomic mass is 79.9. The van der Waals surface area contributed by atoms with E-state index in [2.05, 4.69) is 29.8 Å². The quantitative estimate of drug-likeness (QED) is 0.0554. The van der Waals surface area contributed by atoms with Crippen molar-refractivity contribution in [3.8, 4) is 23.0 Å². The smallest absolute Gasteiger partial charge is 0.343 e. The molecule has 53 heavy (non-hydrogen) atoms. The van der Waals surface area contributed by atoms with Crippen molar-refractivity contribution in [2.45, 2.75) is 65.2 Å². The molecule has 0 bridgehead atoms. The molecule has 272 valence electrons. The van der Waals surface area contributed by atoms with Gasteiger partial charge in [0.1, 0.15) is 23.0 Å². The highest BCUT2D eigenvalue weighted by Crippen LogP contribution is 2.31. The molecular weight excluding hydrogens is 736 g/mol. The van der Waals surface area contributed by atoms with E-state index >= 15 is 0 Å². The Labute approximate surface area is 318 Å². The van der Waals surface area contributed by atoms with E-state index < -0.39 is 23.9 Å². The largest absolute Gasteiger partial charge is 0.423 e. The van der Waals surface area contributed by atoms with Crippen LogP contribution in [-0.4, -0.2) is 23.9 Å². The average Bonchev–Trinajstić information content (AvgIpc) is 3.17. The molecule has 0 saturated heterocycles. The van der Waals surface area contributed by atoms with E-state index in [0.717, 1.165) is 38.5 Å². The molecule has 8 nitrogen and oxygen atoms in total. The van der Waals surface area contributed by atoms with Gasteiger partial charge < -0.3 is 18.9 Å². The molecule has 0 N–H and O–H groups in total. The van der Waals surface area contributed by atoms with Gasteiger partial charge in [-0.1, -0.05) is 63.8 Å². The van der Waals surface area contributed by atoms with Crippen molar-refractivity contribution in [1.29, 1.82) is 0 Å². The van der Waals surface area contributed by atoms with Crippen molar-refractivity contribution in [2.24, 2.45) is 0 Å². The minimum absolute atomic E-state index is 0.130. The summed E-state index contributed by atoms with van der Waals surface area (Å²) in [5.74, 6) is -1.48. The molecule has 0 aromatic heterocycles. The molecule has 5 aromatic carbocycles. The zero-order valence-corrected chi connectivity index (χ0v) is 31.4. The molecule has 0 atom stereocenters. The van der Waals surface area contributed by atoms with E-state index in [1.54, 1.807) is 36.4 Å². The first-order valence-corrected chi connectivity index (χ1v) is 18.6. The molecule has 0 fully saturated rings. The number of halogens is 1. The van der Waals surface area contributed by atoms with Crippen molar-refractivity contribution in [3.63, 3.8) is 0 Å². The fourth-order valence-corrected chi connectivity index (χ4v) is 5.70. The maximum Gasteiger partial charge on any atom is 0.343 e. The van der Waals surface area contributed by atoms with E-state index in [1.165, 1.54) is 78.6 Å². The molecule has 0 amide bonds. The van der Waals surface area contributed by atoms with Crippen LogP contribution < -0.4 is 18.9 Å². The SMILES string of the molecule is CCCCCc1ccc(C(=O)Oc2ccc(C(=O)Oc3ccc(Br)c(OC(=O)c4ccc(OC(=O)c5ccc(CCCCC)cc5)cc4)c3)cc2)cc1. The Morgan fingerprint density at radius 3 is 1.17 bits per heavy atom. The van der Waals surface area contributed by atoms with Gasteiger partial charge in [0.15, 0.2) is 0 Å². The van der Waals surface area contributed by atoms with Gasteiger partial charge >= 0.3 is 23.9 Å². The van der Waals surface area contributed by atoms with Crippen LogP contribution in [-0.2, 0) is 12.8 Å². The number of ether oxygens (including phenoxy) is 4. The van der Waals surface area contributed by atoms with Crippen LogP contribution in [0.2, 0.25) is 0 Å². The number of esters is 4. The van der Waals surface area contributed by atoms with Gasteiger partial charge in [0.2, 0.25) is 0 Å². The minimum atomic E-state index is -0.668. The topological polar surface area (TPSA) is 105 Å². The number of hydrogen-bond acceptors (Lipinski definition) is 8. The van der Waals surface area contributed by atoms with Gasteiger partial charge in [-0.2, -0.15) is 0 Å². The third kappa shape index (κ3) is 11.5. The number of hydrogen-bond donors (Lipinski definition) is 0. The predicted molar refractivity (Wildman–Crippen MR) is 206 cm³/mol. The number of aryl methyl sites for hydroxylation is 2. The Bertz CT molecular complexity index is 2000. The fraction of sp³-hybridized carbons (Fsp3) is 0.227. The summed E-state index contributed by atoms with van der Waals surface area (Å²) in [5.41, 5.74) is 3.67. The Kier molecular flexibility index (Phi) is 14.1. The molecule has 0 unspecified atom stereocenters. The number of unbranched alkanes of at least 4 members (excludes halogenated alkanes) is 4. The Hall–Kier alpha value is -5.54. The fourth-order valence-electron chi connectivity index (χ4n) is 5.37. The molecule has 9 heteroatoms. The third-order valence-electron chi connectivity index (χ3n) is 8.43. The first-order valence-electron chi connectivity index (χ1n) is 17.8. The molecule has 5 rings (SSSR count). The highest BCUT2D eigenvalue weighted by molar-refractivity contribution is 9.10. The number of rotatable bonds is 16. The Balaban J connectivity index is 1.12. The predicted octanol–water partition coefficient (Wildman–Crippen LogP) is 10.8. The summed E-state index contributed by atoms with van der Waals surface area (Å²) in [6.45, 7) is 4.32. The average molecular weight is 778 g/mol. The lowest BCUT2D eigenvalue weighted by Crippen LogP contribution is -2.11. The molecule has 0 saturated carbocycles. The van der Waals surface area contributed by atoms with Crippen molar-refractivity contribution < 1.29 is 38.1 Å². The van der Waals surface area contributed by atoms with Gasteiger partial charge in [0.05, 0.1) is 26.7 Å². The Morgan fingerprint density at radius 2 is 0.774 bits per heavy atom. The highest BCUT2D eigenvalue weighted by Gasteiger charge is 2.17. The molecular formula is C44H41BrO8. The first-order chi connectivity index (χ1) is 25.7. The normalized spacial score (nSPS) is 10.7. The zero-order valence-electron chi connectivity index (χ0n) is 29.8. The van der Waals surface area contributed by atoms with Crippen LogP contribution in [0.15, 0.2) is 120 Å². The van der Waals surface area contributed by atoms with E-state index in [0.29, 0.717) is 15.6 Å². The second-order valence-corrected chi connectivity index (χ2v) is 13.4. The van der Waals surface area contributed by atoms with Crippen LogP contribution in [0.25, 0.3) is 0 Å². The molecule has 0 radical (unpaired) electrons. The maximum atomic E-state index is 13.0. The van der Waals surface area contributed by atoms with Crippen molar-refractivity contribution in [3.05, 3.63) is 153 Å². The van der Waals surface area contributed by atoms with Crippen molar-refractivity contribution in [1.82, 2.24) is 0 Å². The summed E-state index contributed by atoms with van der Waals surface area (Å²) >= 11 is 3.37. The number of carbonyl (C=O) groups is 4. The van der Waals surface area contributed by atoms with Crippen molar-refractivity contribution >= 4 is 39.8 Å². The lowest BCUT2D eigenvalue weighted by molar-refractivity contribution is 0.0722. The van der Waals surface area contributed by atoms with Crippen LogP contribution in [0.5, 0.6) is 23.0 Å². The summed E-state index contributed by atoms with van der Waals surface area (Å²) in [7, 11) is 0. The summed E-state index contributed by atoms with van der Waals surface area (Å²) in [6.07, 6.45) is 8.80. The summed E-state index contributed by atoms with van der Waals surface area (Å²) < 4.78 is 22.5. The standard InChI is InChI=1S/C44H41BrO8/c1-3-5-7-9-30-11-15-32(16-12-30)41(46)50-36-23-19-34(20-24-36)43(48)52-38-27-28-39(45)40(29-38)53-44(49)35-21-25-37(26-22-35)51-42(47)33-17-13-31(14-18-33)10-8-6-4-2/h11-29H,3-10H2,1-2H3. The molecule has 0 aliphatic heterocycles. The molecule has 0 aliphatic carbocycles. The minimum Gasteiger partial charge on any atom is -0.423 e. The van der Waals surface area contributed by atoms with E-state index in [4.69, 9.17) is 18.9 Å². The van der Waals surface area contributed by atoms with Gasteiger partial charge in [-0.25, -0.2) is 19.2 Å². The lowest BCUT2D eigenvalue weighted by atomic mass is 10.1. The van der Waals surface area contributed by atoms with E-state index in [-0.39, 0.29) is 34.1 Å². The van der Waals surface area contributed by atoms with Gasteiger partial charge in [-0.15, -0.1) is 0 Å². The summed E-state index contributed by atoms with van der Waals surface area (Å²) in [5, 5.41) is 0. The van der Waals surface area contributed by atoms with Crippen LogP contribution in [0.4, 0.5) is 0 Å². The lowest BCUT2D eigenvalue weighted by Gasteiger charge is -2.10. The molecule has 5 aromatic rings.